The van der Waals surface area contributed by atoms with Gasteiger partial charge in [0.2, 0.25) is 5.91 Å². The van der Waals surface area contributed by atoms with Crippen LogP contribution in [0.3, 0.4) is 0 Å². The zero-order valence-electron chi connectivity index (χ0n) is 22.3. The van der Waals surface area contributed by atoms with Gasteiger partial charge in [0.05, 0.1) is 23.6 Å². The number of likely N-dealkylation sites (tertiary alicyclic amines) is 1. The lowest BCUT2D eigenvalue weighted by atomic mass is 9.76. The Balaban J connectivity index is 1.74. The van der Waals surface area contributed by atoms with E-state index in [0.717, 1.165) is 24.8 Å². The Morgan fingerprint density at radius 3 is 2.17 bits per heavy atom. The minimum absolute atomic E-state index is 0.270. The van der Waals surface area contributed by atoms with Gasteiger partial charge in [-0.3, -0.25) is 9.59 Å². The van der Waals surface area contributed by atoms with Crippen molar-refractivity contribution in [2.45, 2.75) is 57.0 Å². The second kappa shape index (κ2) is 11.4. The zero-order chi connectivity index (χ0) is 28.4. The predicted octanol–water partition coefficient (Wildman–Crippen LogP) is 6.21. The quantitative estimate of drug-likeness (QED) is 0.377. The Morgan fingerprint density at radius 2 is 1.57 bits per heavy atom. The van der Waals surface area contributed by atoms with Gasteiger partial charge in [0.15, 0.2) is 5.78 Å². The number of benzene rings is 3. The summed E-state index contributed by atoms with van der Waals surface area (Å²) in [5.74, 6) is -4.44. The third-order valence-electron chi connectivity index (χ3n) is 8.37. The molecule has 40 heavy (non-hydrogen) atoms. The highest BCUT2D eigenvalue weighted by Gasteiger charge is 2.58. The van der Waals surface area contributed by atoms with Crippen LogP contribution in [0, 0.1) is 35.9 Å². The number of nitriles is 1. The molecule has 1 amide bonds. The van der Waals surface area contributed by atoms with Crippen molar-refractivity contribution in [2.24, 2.45) is 11.8 Å². The topological polar surface area (TPSA) is 98.5 Å². The van der Waals surface area contributed by atoms with Crippen LogP contribution in [0.4, 0.5) is 4.39 Å². The number of carboxylic acid groups (broad SMARTS) is 1. The fraction of sp³-hybridized carbons (Fsp3) is 0.333. The van der Waals surface area contributed by atoms with Gasteiger partial charge in [0, 0.05) is 17.4 Å². The van der Waals surface area contributed by atoms with E-state index in [0.29, 0.717) is 35.1 Å². The summed E-state index contributed by atoms with van der Waals surface area (Å²) in [6.45, 7) is 1.87. The SMILES string of the molecule is Cc1cccc(C(=O)C2C(c3ccc(F)cc3)C(C(=O)O)N(C(=O)C3CCCCC3)C2c2ccc(C#N)cc2)c1. The fourth-order valence-electron chi connectivity index (χ4n) is 6.51. The molecule has 2 fully saturated rings. The molecule has 1 aliphatic carbocycles. The van der Waals surface area contributed by atoms with Crippen LogP contribution in [0.15, 0.2) is 72.8 Å². The molecule has 6 nitrogen and oxygen atoms in total. The number of carbonyl (C=O) groups excluding carboxylic acids is 2. The van der Waals surface area contributed by atoms with E-state index in [1.807, 2.05) is 13.0 Å². The summed E-state index contributed by atoms with van der Waals surface area (Å²) in [5, 5.41) is 20.0. The number of halogens is 1. The maximum absolute atomic E-state index is 14.4. The van der Waals surface area contributed by atoms with Crippen LogP contribution >= 0.6 is 0 Å². The number of nitrogens with zero attached hydrogens (tertiary/aromatic N) is 2. The molecular weight excluding hydrogens is 507 g/mol. The highest BCUT2D eigenvalue weighted by atomic mass is 19.1. The summed E-state index contributed by atoms with van der Waals surface area (Å²) >= 11 is 0. The zero-order valence-corrected chi connectivity index (χ0v) is 22.3. The Kier molecular flexibility index (Phi) is 7.79. The lowest BCUT2D eigenvalue weighted by molar-refractivity contribution is -0.152. The Labute approximate surface area is 233 Å². The van der Waals surface area contributed by atoms with Gasteiger partial charge < -0.3 is 10.0 Å². The Bertz CT molecular complexity index is 1460. The smallest absolute Gasteiger partial charge is 0.327 e. The standard InChI is InChI=1S/C33H31FN2O4/c1-20-6-5-9-25(18-20)31(37)28-27(22-14-16-26(34)17-15-22)30(33(39)40)36(32(38)24-7-3-2-4-8-24)29(28)23-12-10-21(19-35)11-13-23/h5-6,9-18,24,27-30H,2-4,7-8H2,1H3,(H,39,40). The minimum atomic E-state index is -1.33. The molecule has 1 aliphatic heterocycles. The van der Waals surface area contributed by atoms with Gasteiger partial charge in [-0.2, -0.15) is 5.26 Å². The van der Waals surface area contributed by atoms with Crippen LogP contribution in [-0.4, -0.2) is 33.7 Å². The van der Waals surface area contributed by atoms with E-state index in [-0.39, 0.29) is 17.6 Å². The van der Waals surface area contributed by atoms with Gasteiger partial charge in [-0.25, -0.2) is 9.18 Å². The summed E-state index contributed by atoms with van der Waals surface area (Å²) < 4.78 is 14.0. The van der Waals surface area contributed by atoms with Gasteiger partial charge in [0.1, 0.15) is 11.9 Å². The summed E-state index contributed by atoms with van der Waals surface area (Å²) in [6.07, 6.45) is 4.13. The second-order valence-corrected chi connectivity index (χ2v) is 10.9. The molecule has 0 aromatic heterocycles. The normalized spacial score (nSPS) is 23.0. The number of aryl methyl sites for hydroxylation is 1. The van der Waals surface area contributed by atoms with E-state index < -0.39 is 35.7 Å². The summed E-state index contributed by atoms with van der Waals surface area (Å²) in [6, 6.07) is 19.2. The van der Waals surface area contributed by atoms with Crippen molar-refractivity contribution in [1.29, 1.82) is 5.26 Å². The van der Waals surface area contributed by atoms with Gasteiger partial charge in [-0.05, 0) is 61.2 Å². The highest BCUT2D eigenvalue weighted by Crippen LogP contribution is 2.52. The minimum Gasteiger partial charge on any atom is -0.480 e. The van der Waals surface area contributed by atoms with Crippen LogP contribution < -0.4 is 0 Å². The van der Waals surface area contributed by atoms with Gasteiger partial charge in [0.25, 0.3) is 0 Å². The lowest BCUT2D eigenvalue weighted by Gasteiger charge is -2.34. The van der Waals surface area contributed by atoms with Crippen molar-refractivity contribution in [3.63, 3.8) is 0 Å². The molecule has 7 heteroatoms. The first-order valence-corrected chi connectivity index (χ1v) is 13.7. The number of hydrogen-bond donors (Lipinski definition) is 1. The number of amides is 1. The van der Waals surface area contributed by atoms with E-state index >= 15 is 0 Å². The third-order valence-corrected chi connectivity index (χ3v) is 8.37. The number of ketones is 1. The van der Waals surface area contributed by atoms with Crippen molar-refractivity contribution < 1.29 is 23.9 Å². The molecule has 4 atom stereocenters. The number of carboxylic acids is 1. The van der Waals surface area contributed by atoms with E-state index in [9.17, 15) is 29.1 Å². The average Bonchev–Trinajstić information content (AvgIpc) is 3.33. The molecule has 1 heterocycles. The number of rotatable bonds is 6. The maximum atomic E-state index is 14.4. The Hall–Kier alpha value is -4.31. The van der Waals surface area contributed by atoms with Crippen LogP contribution in [-0.2, 0) is 9.59 Å². The van der Waals surface area contributed by atoms with E-state index in [1.54, 1.807) is 42.5 Å². The number of carbonyl (C=O) groups is 3. The lowest BCUT2D eigenvalue weighted by Crippen LogP contribution is -2.46. The van der Waals surface area contributed by atoms with E-state index in [1.165, 1.54) is 29.2 Å². The molecule has 0 radical (unpaired) electrons. The molecule has 5 rings (SSSR count). The second-order valence-electron chi connectivity index (χ2n) is 10.9. The first-order chi connectivity index (χ1) is 19.3. The summed E-state index contributed by atoms with van der Waals surface area (Å²) in [7, 11) is 0. The molecule has 1 saturated carbocycles. The number of hydrogen-bond acceptors (Lipinski definition) is 4. The first-order valence-electron chi connectivity index (χ1n) is 13.7. The maximum Gasteiger partial charge on any atom is 0.327 e. The van der Waals surface area contributed by atoms with E-state index in [2.05, 4.69) is 6.07 Å². The van der Waals surface area contributed by atoms with Gasteiger partial charge >= 0.3 is 5.97 Å². The van der Waals surface area contributed by atoms with Crippen LogP contribution in [0.25, 0.3) is 0 Å². The summed E-state index contributed by atoms with van der Waals surface area (Å²) in [5.41, 5.74) is 2.79. The number of Topliss-reactive ketones (excluding diaryl/α,β-unsaturated/α-hetero) is 1. The third kappa shape index (κ3) is 5.14. The van der Waals surface area contributed by atoms with Gasteiger partial charge in [-0.15, -0.1) is 0 Å². The summed E-state index contributed by atoms with van der Waals surface area (Å²) in [4.78, 5) is 43.1. The van der Waals surface area contributed by atoms with Gasteiger partial charge in [-0.1, -0.05) is 67.3 Å². The molecule has 3 aromatic rings. The largest absolute Gasteiger partial charge is 0.480 e. The number of aliphatic carboxylic acids is 1. The van der Waals surface area contributed by atoms with Crippen molar-refractivity contribution in [3.05, 3.63) is 106 Å². The molecule has 0 bridgehead atoms. The molecule has 3 aromatic carbocycles. The van der Waals surface area contributed by atoms with Crippen LogP contribution in [0.5, 0.6) is 0 Å². The first kappa shape index (κ1) is 27.3. The van der Waals surface area contributed by atoms with Crippen molar-refractivity contribution in [1.82, 2.24) is 4.90 Å². The van der Waals surface area contributed by atoms with Crippen LogP contribution in [0.2, 0.25) is 0 Å². The molecule has 1 N–H and O–H groups in total. The molecule has 204 valence electrons. The Morgan fingerprint density at radius 1 is 0.925 bits per heavy atom. The predicted molar refractivity (Wildman–Crippen MR) is 147 cm³/mol. The van der Waals surface area contributed by atoms with Crippen molar-refractivity contribution in [2.75, 3.05) is 0 Å². The molecule has 0 spiro atoms. The fourth-order valence-corrected chi connectivity index (χ4v) is 6.51. The van der Waals surface area contributed by atoms with Crippen molar-refractivity contribution >= 4 is 17.7 Å². The average molecular weight is 539 g/mol. The van der Waals surface area contributed by atoms with E-state index in [4.69, 9.17) is 0 Å². The molecule has 2 aliphatic rings. The van der Waals surface area contributed by atoms with Crippen LogP contribution in [0.1, 0.15) is 76.7 Å². The molecular formula is C33H31FN2O4. The van der Waals surface area contributed by atoms with Crippen molar-refractivity contribution in [3.8, 4) is 6.07 Å². The molecule has 1 saturated heterocycles. The highest BCUT2D eigenvalue weighted by molar-refractivity contribution is 6.01. The monoisotopic (exact) mass is 538 g/mol. The molecule has 4 unspecified atom stereocenters.